The Bertz CT molecular complexity index is 763. The third-order valence-electron chi connectivity index (χ3n) is 10.8. The summed E-state index contributed by atoms with van der Waals surface area (Å²) in [5.41, 5.74) is 0.606. The summed E-state index contributed by atoms with van der Waals surface area (Å²) in [5, 5.41) is 0. The highest BCUT2D eigenvalue weighted by Gasteiger charge is 2.81. The van der Waals surface area contributed by atoms with E-state index in [1.165, 1.54) is 33.1 Å². The zero-order valence-electron chi connectivity index (χ0n) is 19.3. The van der Waals surface area contributed by atoms with E-state index >= 15 is 0 Å². The molecule has 0 bridgehead atoms. The van der Waals surface area contributed by atoms with Gasteiger partial charge in [0.25, 0.3) is 0 Å². The molecule has 0 aromatic heterocycles. The van der Waals surface area contributed by atoms with E-state index in [4.69, 9.17) is 14.2 Å². The van der Waals surface area contributed by atoms with E-state index in [1.807, 2.05) is 0 Å². The van der Waals surface area contributed by atoms with E-state index in [0.717, 1.165) is 32.1 Å². The quantitative estimate of drug-likeness (QED) is 0.493. The molecule has 168 valence electrons. The largest absolute Gasteiger partial charge is 0.466 e. The van der Waals surface area contributed by atoms with Crippen LogP contribution in [0.1, 0.15) is 86.0 Å². The smallest absolute Gasteiger partial charge is 0.302 e. The van der Waals surface area contributed by atoms with E-state index in [1.54, 1.807) is 0 Å². The first-order chi connectivity index (χ1) is 14.1. The molecule has 0 N–H and O–H groups in total. The monoisotopic (exact) mass is 418 g/mol. The first kappa shape index (κ1) is 20.8. The second-order valence-electron chi connectivity index (χ2n) is 11.8. The standard InChI is InChI=1S/C25H38O5/c1-15(26)28-14-17-12-21-25(30-21)20-7-9-22(3)13-18(29-16(2)27)6-10-24(22,5)19(20)8-11-23(17,25)4/h17-21H,6-14H2,1-5H3/t17?,18?,19?,20?,21-,22?,23?,24?,25-/m0/s1. The van der Waals surface area contributed by atoms with Gasteiger partial charge in [-0.2, -0.15) is 0 Å². The lowest BCUT2D eigenvalue weighted by Crippen LogP contribution is -2.62. The summed E-state index contributed by atoms with van der Waals surface area (Å²) < 4.78 is 17.7. The van der Waals surface area contributed by atoms with Gasteiger partial charge in [0.15, 0.2) is 0 Å². The molecule has 5 nitrogen and oxygen atoms in total. The van der Waals surface area contributed by atoms with Gasteiger partial charge in [-0.25, -0.2) is 0 Å². The van der Waals surface area contributed by atoms with Crippen molar-refractivity contribution >= 4 is 11.9 Å². The van der Waals surface area contributed by atoms with Gasteiger partial charge in [-0.3, -0.25) is 9.59 Å². The van der Waals surface area contributed by atoms with Gasteiger partial charge in [0, 0.05) is 25.2 Å². The van der Waals surface area contributed by atoms with Crippen LogP contribution in [-0.4, -0.2) is 36.4 Å². The summed E-state index contributed by atoms with van der Waals surface area (Å²) in [6.45, 7) is 11.0. The molecule has 1 saturated heterocycles. The van der Waals surface area contributed by atoms with Crippen LogP contribution in [0, 0.1) is 34.0 Å². The fourth-order valence-corrected chi connectivity index (χ4v) is 8.95. The Balaban J connectivity index is 1.39. The topological polar surface area (TPSA) is 65.1 Å². The highest BCUT2D eigenvalue weighted by Crippen LogP contribution is 2.77. The van der Waals surface area contributed by atoms with Crippen molar-refractivity contribution < 1.29 is 23.8 Å². The van der Waals surface area contributed by atoms with Crippen LogP contribution in [0.25, 0.3) is 0 Å². The molecule has 5 aliphatic rings. The molecule has 5 fully saturated rings. The van der Waals surface area contributed by atoms with E-state index in [-0.39, 0.29) is 39.9 Å². The predicted octanol–water partition coefficient (Wildman–Crippen LogP) is 4.66. The van der Waals surface area contributed by atoms with Crippen molar-refractivity contribution in [1.29, 1.82) is 0 Å². The van der Waals surface area contributed by atoms with Crippen LogP contribution in [-0.2, 0) is 23.8 Å². The molecule has 1 spiro atoms. The van der Waals surface area contributed by atoms with Crippen LogP contribution in [0.4, 0.5) is 0 Å². The van der Waals surface area contributed by atoms with Crippen molar-refractivity contribution in [3.8, 4) is 0 Å². The van der Waals surface area contributed by atoms with Crippen molar-refractivity contribution in [3.63, 3.8) is 0 Å². The molecule has 9 atom stereocenters. The lowest BCUT2D eigenvalue weighted by molar-refractivity contribution is -0.192. The van der Waals surface area contributed by atoms with E-state index in [9.17, 15) is 9.59 Å². The van der Waals surface area contributed by atoms with Gasteiger partial charge in [-0.15, -0.1) is 0 Å². The fraction of sp³-hybridized carbons (Fsp3) is 0.920. The van der Waals surface area contributed by atoms with Crippen molar-refractivity contribution in [3.05, 3.63) is 0 Å². The number of carbonyl (C=O) groups excluding carboxylic acids is 2. The minimum absolute atomic E-state index is 0.00218. The van der Waals surface area contributed by atoms with Gasteiger partial charge >= 0.3 is 11.9 Å². The Morgan fingerprint density at radius 3 is 2.33 bits per heavy atom. The van der Waals surface area contributed by atoms with Crippen molar-refractivity contribution in [2.24, 2.45) is 34.0 Å². The number of esters is 2. The summed E-state index contributed by atoms with van der Waals surface area (Å²) in [6, 6.07) is 0. The van der Waals surface area contributed by atoms with Gasteiger partial charge in [-0.1, -0.05) is 20.8 Å². The molecule has 5 heteroatoms. The molecule has 1 aliphatic heterocycles. The summed E-state index contributed by atoms with van der Waals surface area (Å²) in [7, 11) is 0. The summed E-state index contributed by atoms with van der Waals surface area (Å²) in [4.78, 5) is 23.0. The molecule has 0 radical (unpaired) electrons. The van der Waals surface area contributed by atoms with E-state index < -0.39 is 0 Å². The zero-order chi connectivity index (χ0) is 21.5. The zero-order valence-corrected chi connectivity index (χ0v) is 19.3. The van der Waals surface area contributed by atoms with E-state index in [2.05, 4.69) is 20.8 Å². The van der Waals surface area contributed by atoms with Gasteiger partial charge in [0.1, 0.15) is 11.7 Å². The van der Waals surface area contributed by atoms with Crippen molar-refractivity contribution in [2.75, 3.05) is 6.61 Å². The normalized spacial score (nSPS) is 53.6. The lowest BCUT2D eigenvalue weighted by Gasteiger charge is -2.65. The maximum atomic E-state index is 11.5. The minimum Gasteiger partial charge on any atom is -0.466 e. The summed E-state index contributed by atoms with van der Waals surface area (Å²) >= 11 is 0. The maximum Gasteiger partial charge on any atom is 0.302 e. The molecular formula is C25H38O5. The Hall–Kier alpha value is -1.10. The number of fused-ring (bicyclic) bond motifs is 3. The molecular weight excluding hydrogens is 380 g/mol. The number of epoxide rings is 1. The van der Waals surface area contributed by atoms with Crippen LogP contribution >= 0.6 is 0 Å². The highest BCUT2D eigenvalue weighted by atomic mass is 16.6. The van der Waals surface area contributed by atoms with E-state index in [0.29, 0.717) is 30.5 Å². The van der Waals surface area contributed by atoms with Crippen molar-refractivity contribution in [2.45, 2.75) is 104 Å². The average Bonchev–Trinajstić information content (AvgIpc) is 3.31. The van der Waals surface area contributed by atoms with Gasteiger partial charge < -0.3 is 14.2 Å². The molecule has 7 unspecified atom stereocenters. The first-order valence-corrected chi connectivity index (χ1v) is 12.0. The van der Waals surface area contributed by atoms with Crippen molar-refractivity contribution in [1.82, 2.24) is 0 Å². The molecule has 4 saturated carbocycles. The lowest BCUT2D eigenvalue weighted by atomic mass is 9.40. The van der Waals surface area contributed by atoms with Crippen LogP contribution in [0.2, 0.25) is 0 Å². The Labute approximate surface area is 180 Å². The second kappa shape index (κ2) is 6.46. The van der Waals surface area contributed by atoms with Gasteiger partial charge in [0.05, 0.1) is 12.7 Å². The van der Waals surface area contributed by atoms with Crippen LogP contribution < -0.4 is 0 Å². The summed E-state index contributed by atoms with van der Waals surface area (Å²) in [5.74, 6) is 1.37. The highest BCUT2D eigenvalue weighted by molar-refractivity contribution is 5.66. The van der Waals surface area contributed by atoms with Gasteiger partial charge in [-0.05, 0) is 74.0 Å². The maximum absolute atomic E-state index is 11.5. The first-order valence-electron chi connectivity index (χ1n) is 12.0. The minimum atomic E-state index is -0.173. The van der Waals surface area contributed by atoms with Crippen LogP contribution in [0.3, 0.4) is 0 Å². The van der Waals surface area contributed by atoms with Gasteiger partial charge in [0.2, 0.25) is 0 Å². The summed E-state index contributed by atoms with van der Waals surface area (Å²) in [6.07, 6.45) is 9.37. The third-order valence-corrected chi connectivity index (χ3v) is 10.8. The number of hydrogen-bond donors (Lipinski definition) is 0. The Kier molecular flexibility index (Phi) is 4.48. The molecule has 5 rings (SSSR count). The molecule has 1 heterocycles. The third kappa shape index (κ3) is 2.56. The Morgan fingerprint density at radius 2 is 1.63 bits per heavy atom. The molecule has 0 aromatic carbocycles. The van der Waals surface area contributed by atoms with Crippen LogP contribution in [0.15, 0.2) is 0 Å². The molecule has 4 aliphatic carbocycles. The van der Waals surface area contributed by atoms with Crippen LogP contribution in [0.5, 0.6) is 0 Å². The SMILES string of the molecule is CC(=O)OCC1C[C@@H]2O[C@@]23C2CCC4(C)CC(OC(C)=O)CCC4(C)C2CCC13C. The number of rotatable bonds is 3. The predicted molar refractivity (Wildman–Crippen MR) is 112 cm³/mol. The molecule has 0 aromatic rings. The fourth-order valence-electron chi connectivity index (χ4n) is 8.95. The number of hydrogen-bond acceptors (Lipinski definition) is 5. The molecule has 0 amide bonds. The number of ether oxygens (including phenoxy) is 3. The second-order valence-corrected chi connectivity index (χ2v) is 11.8. The average molecular weight is 419 g/mol. The Morgan fingerprint density at radius 1 is 0.933 bits per heavy atom. The number of carbonyl (C=O) groups is 2. The molecule has 30 heavy (non-hydrogen) atoms.